The summed E-state index contributed by atoms with van der Waals surface area (Å²) >= 11 is 0. The molecule has 2 N–H and O–H groups in total. The molecular formula is C15H16FNO2S. The molecule has 3 nitrogen and oxygen atoms in total. The first-order chi connectivity index (χ1) is 9.40. The number of halogens is 1. The average molecular weight is 293 g/mol. The maximum atomic E-state index is 13.6. The van der Waals surface area contributed by atoms with Gasteiger partial charge in [0.25, 0.3) is 0 Å². The van der Waals surface area contributed by atoms with Gasteiger partial charge >= 0.3 is 0 Å². The van der Waals surface area contributed by atoms with Gasteiger partial charge in [-0.25, -0.2) is 12.8 Å². The van der Waals surface area contributed by atoms with E-state index in [1.54, 1.807) is 12.1 Å². The van der Waals surface area contributed by atoms with Crippen molar-refractivity contribution in [1.82, 2.24) is 0 Å². The molecule has 0 aliphatic carbocycles. The second-order valence-electron chi connectivity index (χ2n) is 4.73. The van der Waals surface area contributed by atoms with Crippen molar-refractivity contribution in [1.29, 1.82) is 0 Å². The van der Waals surface area contributed by atoms with Crippen LogP contribution < -0.4 is 5.73 Å². The molecule has 0 amide bonds. The van der Waals surface area contributed by atoms with E-state index in [1.165, 1.54) is 18.2 Å². The van der Waals surface area contributed by atoms with Crippen molar-refractivity contribution in [3.05, 3.63) is 65.5 Å². The number of hydrogen-bond acceptors (Lipinski definition) is 3. The summed E-state index contributed by atoms with van der Waals surface area (Å²) in [6.45, 7) is 1.94. The van der Waals surface area contributed by atoms with Crippen LogP contribution in [0.2, 0.25) is 0 Å². The molecule has 0 bridgehead atoms. The Labute approximate surface area is 118 Å². The lowest BCUT2D eigenvalue weighted by atomic mass is 10.1. The summed E-state index contributed by atoms with van der Waals surface area (Å²) in [6.07, 6.45) is 0. The summed E-state index contributed by atoms with van der Waals surface area (Å²) in [5.41, 5.74) is 7.70. The monoisotopic (exact) mass is 293 g/mol. The lowest BCUT2D eigenvalue weighted by Gasteiger charge is -2.13. The van der Waals surface area contributed by atoms with Crippen molar-refractivity contribution < 1.29 is 12.8 Å². The van der Waals surface area contributed by atoms with Crippen LogP contribution in [-0.2, 0) is 9.84 Å². The minimum absolute atomic E-state index is 0.303. The van der Waals surface area contributed by atoms with Gasteiger partial charge in [-0.1, -0.05) is 42.0 Å². The molecule has 20 heavy (non-hydrogen) atoms. The standard InChI is InChI=1S/C15H16FNO2S/c1-11-6-8-12(9-7-11)14(17)10-20(18,19)15-5-3-2-4-13(15)16/h2-9,14H,10,17H2,1H3. The summed E-state index contributed by atoms with van der Waals surface area (Å²) in [6, 6.07) is 12.0. The Bertz CT molecular complexity index is 696. The minimum Gasteiger partial charge on any atom is -0.323 e. The Hall–Kier alpha value is -1.72. The molecule has 1 atom stereocenters. The largest absolute Gasteiger partial charge is 0.323 e. The third-order valence-electron chi connectivity index (χ3n) is 3.08. The number of rotatable bonds is 4. The van der Waals surface area contributed by atoms with E-state index < -0.39 is 21.7 Å². The van der Waals surface area contributed by atoms with Gasteiger partial charge in [0.15, 0.2) is 9.84 Å². The molecule has 0 heterocycles. The van der Waals surface area contributed by atoms with Gasteiger partial charge in [0.05, 0.1) is 5.75 Å². The SMILES string of the molecule is Cc1ccc(C(N)CS(=O)(=O)c2ccccc2F)cc1. The highest BCUT2D eigenvalue weighted by molar-refractivity contribution is 7.91. The van der Waals surface area contributed by atoms with Gasteiger partial charge in [0.2, 0.25) is 0 Å². The lowest BCUT2D eigenvalue weighted by Crippen LogP contribution is -2.22. The maximum Gasteiger partial charge on any atom is 0.183 e. The zero-order valence-corrected chi connectivity index (χ0v) is 11.9. The first-order valence-electron chi connectivity index (χ1n) is 6.19. The second-order valence-corrected chi connectivity index (χ2v) is 6.73. The quantitative estimate of drug-likeness (QED) is 0.942. The van der Waals surface area contributed by atoms with Crippen LogP contribution in [0.15, 0.2) is 53.4 Å². The van der Waals surface area contributed by atoms with Crippen LogP contribution in [0.25, 0.3) is 0 Å². The molecule has 0 spiro atoms. The van der Waals surface area contributed by atoms with Crippen molar-refractivity contribution in [3.63, 3.8) is 0 Å². The van der Waals surface area contributed by atoms with Gasteiger partial charge in [-0.05, 0) is 24.6 Å². The fraction of sp³-hybridized carbons (Fsp3) is 0.200. The number of nitrogens with two attached hydrogens (primary N) is 1. The van der Waals surface area contributed by atoms with Gasteiger partial charge in [-0.3, -0.25) is 0 Å². The average Bonchev–Trinajstić information content (AvgIpc) is 2.39. The summed E-state index contributed by atoms with van der Waals surface area (Å²) in [5.74, 6) is -1.07. The van der Waals surface area contributed by atoms with E-state index in [1.807, 2.05) is 19.1 Å². The van der Waals surface area contributed by atoms with Crippen LogP contribution in [0.3, 0.4) is 0 Å². The Morgan fingerprint density at radius 1 is 1.10 bits per heavy atom. The number of aryl methyl sites for hydroxylation is 1. The molecule has 0 radical (unpaired) electrons. The predicted molar refractivity (Wildman–Crippen MR) is 76.6 cm³/mol. The molecule has 0 aliphatic heterocycles. The molecular weight excluding hydrogens is 277 g/mol. The Kier molecular flexibility index (Phi) is 4.20. The molecule has 0 aromatic heterocycles. The van der Waals surface area contributed by atoms with Crippen LogP contribution in [-0.4, -0.2) is 14.2 Å². The molecule has 5 heteroatoms. The smallest absolute Gasteiger partial charge is 0.183 e. The van der Waals surface area contributed by atoms with E-state index in [-0.39, 0.29) is 10.6 Å². The zero-order valence-electron chi connectivity index (χ0n) is 11.1. The van der Waals surface area contributed by atoms with E-state index in [0.717, 1.165) is 17.2 Å². The summed E-state index contributed by atoms with van der Waals surface area (Å²) in [5, 5.41) is 0. The van der Waals surface area contributed by atoms with Crippen LogP contribution in [0.1, 0.15) is 17.2 Å². The predicted octanol–water partition coefficient (Wildman–Crippen LogP) is 2.61. The summed E-state index contributed by atoms with van der Waals surface area (Å²) in [4.78, 5) is -0.303. The highest BCUT2D eigenvalue weighted by atomic mass is 32.2. The highest BCUT2D eigenvalue weighted by Crippen LogP contribution is 2.20. The fourth-order valence-electron chi connectivity index (χ4n) is 1.93. The van der Waals surface area contributed by atoms with E-state index in [0.29, 0.717) is 0 Å². The Balaban J connectivity index is 2.24. The molecule has 0 aliphatic rings. The minimum atomic E-state index is -3.75. The topological polar surface area (TPSA) is 60.2 Å². The molecule has 106 valence electrons. The van der Waals surface area contributed by atoms with Gasteiger partial charge < -0.3 is 5.73 Å². The maximum absolute atomic E-state index is 13.6. The second kappa shape index (κ2) is 5.73. The third kappa shape index (κ3) is 3.23. The number of hydrogen-bond donors (Lipinski definition) is 1. The third-order valence-corrected chi connectivity index (χ3v) is 4.88. The number of sulfone groups is 1. The van der Waals surface area contributed by atoms with E-state index in [2.05, 4.69) is 0 Å². The molecule has 0 saturated carbocycles. The first kappa shape index (κ1) is 14.7. The summed E-state index contributed by atoms with van der Waals surface area (Å²) in [7, 11) is -3.75. The van der Waals surface area contributed by atoms with E-state index in [9.17, 15) is 12.8 Å². The van der Waals surface area contributed by atoms with Gasteiger partial charge in [0.1, 0.15) is 10.7 Å². The molecule has 2 aromatic carbocycles. The van der Waals surface area contributed by atoms with Crippen molar-refractivity contribution >= 4 is 9.84 Å². The Morgan fingerprint density at radius 3 is 2.30 bits per heavy atom. The Morgan fingerprint density at radius 2 is 1.70 bits per heavy atom. The molecule has 2 aromatic rings. The van der Waals surface area contributed by atoms with Gasteiger partial charge in [-0.2, -0.15) is 0 Å². The van der Waals surface area contributed by atoms with Gasteiger partial charge in [0, 0.05) is 6.04 Å². The van der Waals surface area contributed by atoms with E-state index >= 15 is 0 Å². The van der Waals surface area contributed by atoms with Crippen molar-refractivity contribution in [2.45, 2.75) is 17.9 Å². The van der Waals surface area contributed by atoms with Crippen molar-refractivity contribution in [2.24, 2.45) is 5.73 Å². The molecule has 0 fully saturated rings. The molecule has 2 rings (SSSR count). The molecule has 1 unspecified atom stereocenters. The van der Waals surface area contributed by atoms with Crippen molar-refractivity contribution in [3.8, 4) is 0 Å². The van der Waals surface area contributed by atoms with E-state index in [4.69, 9.17) is 5.73 Å². The normalized spacial score (nSPS) is 13.2. The van der Waals surface area contributed by atoms with Crippen LogP contribution in [0.4, 0.5) is 4.39 Å². The number of benzene rings is 2. The van der Waals surface area contributed by atoms with Crippen LogP contribution in [0.5, 0.6) is 0 Å². The fourth-order valence-corrected chi connectivity index (χ4v) is 3.43. The zero-order chi connectivity index (χ0) is 14.8. The van der Waals surface area contributed by atoms with Gasteiger partial charge in [-0.15, -0.1) is 0 Å². The molecule has 0 saturated heterocycles. The lowest BCUT2D eigenvalue weighted by molar-refractivity contribution is 0.562. The highest BCUT2D eigenvalue weighted by Gasteiger charge is 2.22. The summed E-state index contributed by atoms with van der Waals surface area (Å²) < 4.78 is 37.9. The first-order valence-corrected chi connectivity index (χ1v) is 7.85. The van der Waals surface area contributed by atoms with Crippen molar-refractivity contribution in [2.75, 3.05) is 5.75 Å². The van der Waals surface area contributed by atoms with Crippen LogP contribution in [0, 0.1) is 12.7 Å². The van der Waals surface area contributed by atoms with Crippen LogP contribution >= 0.6 is 0 Å².